The zero-order chi connectivity index (χ0) is 18.7. The van der Waals surface area contributed by atoms with E-state index < -0.39 is 29.9 Å². The van der Waals surface area contributed by atoms with Crippen LogP contribution in [0.5, 0.6) is 5.75 Å². The Morgan fingerprint density at radius 2 is 1.96 bits per heavy atom. The van der Waals surface area contributed by atoms with E-state index >= 15 is 0 Å². The van der Waals surface area contributed by atoms with E-state index in [1.54, 1.807) is 6.92 Å². The Kier molecular flexibility index (Phi) is 5.48. The van der Waals surface area contributed by atoms with Crippen LogP contribution in [-0.2, 0) is 14.4 Å². The third kappa shape index (κ3) is 3.82. The number of piperazine rings is 1. The molecule has 3 N–H and O–H groups in total. The van der Waals surface area contributed by atoms with Crippen molar-refractivity contribution in [3.63, 3.8) is 0 Å². The van der Waals surface area contributed by atoms with Crippen LogP contribution in [0.2, 0.25) is 5.02 Å². The van der Waals surface area contributed by atoms with Gasteiger partial charge in [-0.1, -0.05) is 17.7 Å². The second-order valence-electron chi connectivity index (χ2n) is 5.27. The Labute approximate surface area is 147 Å². The number of hydrogen-bond donors (Lipinski definition) is 3. The first kappa shape index (κ1) is 18.5. The fraction of sp³-hybridized carbons (Fsp3) is 0.333. The van der Waals surface area contributed by atoms with E-state index in [4.69, 9.17) is 11.6 Å². The van der Waals surface area contributed by atoms with Gasteiger partial charge in [-0.25, -0.2) is 9.59 Å². The number of urea groups is 1. The summed E-state index contributed by atoms with van der Waals surface area (Å²) in [7, 11) is 0. The first-order valence-electron chi connectivity index (χ1n) is 7.38. The number of imide groups is 1. The molecule has 25 heavy (non-hydrogen) atoms. The summed E-state index contributed by atoms with van der Waals surface area (Å²) >= 11 is 5.75. The number of carbonyl (C=O) groups excluding carboxylic acids is 3. The minimum absolute atomic E-state index is 0.0348. The van der Waals surface area contributed by atoms with Crippen LogP contribution in [0, 0.1) is 0 Å². The molecule has 1 atom stereocenters. The van der Waals surface area contributed by atoms with Crippen molar-refractivity contribution in [3.8, 4) is 5.75 Å². The summed E-state index contributed by atoms with van der Waals surface area (Å²) in [6.45, 7) is 2.18. The van der Waals surface area contributed by atoms with Crippen LogP contribution in [0.15, 0.2) is 18.2 Å². The number of benzene rings is 1. The molecule has 0 aromatic heterocycles. The SMILES string of the molecule is CCN1CCN(C(=O)NC(C(=O)O)c2ccc(O)c(Cl)c2)C(=O)C1=O. The van der Waals surface area contributed by atoms with E-state index in [0.717, 1.165) is 0 Å². The first-order chi connectivity index (χ1) is 11.8. The normalized spacial score (nSPS) is 15.9. The van der Waals surface area contributed by atoms with Gasteiger partial charge in [-0.2, -0.15) is 0 Å². The highest BCUT2D eigenvalue weighted by atomic mass is 35.5. The van der Waals surface area contributed by atoms with Gasteiger partial charge < -0.3 is 20.4 Å². The molecule has 10 heteroatoms. The van der Waals surface area contributed by atoms with E-state index in [0.29, 0.717) is 11.4 Å². The molecular weight excluding hydrogens is 354 g/mol. The summed E-state index contributed by atoms with van der Waals surface area (Å²) in [4.78, 5) is 49.5. The number of nitrogens with zero attached hydrogens (tertiary/aromatic N) is 2. The molecule has 0 aliphatic carbocycles. The van der Waals surface area contributed by atoms with Crippen molar-refractivity contribution in [1.29, 1.82) is 0 Å². The summed E-state index contributed by atoms with van der Waals surface area (Å²) in [5.74, 6) is -3.46. The number of likely N-dealkylation sites (N-methyl/N-ethyl adjacent to an activating group) is 1. The molecule has 9 nitrogen and oxygen atoms in total. The lowest BCUT2D eigenvalue weighted by Crippen LogP contribution is -2.58. The molecule has 0 bridgehead atoms. The molecule has 4 amide bonds. The number of phenolic OH excluding ortho intramolecular Hbond substituents is 1. The highest BCUT2D eigenvalue weighted by molar-refractivity contribution is 6.38. The molecule has 0 radical (unpaired) electrons. The number of hydrogen-bond acceptors (Lipinski definition) is 5. The van der Waals surface area contributed by atoms with Gasteiger partial charge in [-0.15, -0.1) is 0 Å². The number of amides is 4. The second-order valence-corrected chi connectivity index (χ2v) is 5.68. The van der Waals surface area contributed by atoms with Crippen LogP contribution in [0.3, 0.4) is 0 Å². The molecule has 1 aliphatic heterocycles. The molecule has 134 valence electrons. The van der Waals surface area contributed by atoms with Crippen molar-refractivity contribution in [1.82, 2.24) is 15.1 Å². The third-order valence-electron chi connectivity index (χ3n) is 3.76. The van der Waals surface area contributed by atoms with E-state index in [2.05, 4.69) is 5.32 Å². The lowest BCUT2D eigenvalue weighted by molar-refractivity contribution is -0.153. The molecule has 1 aromatic rings. The second kappa shape index (κ2) is 7.39. The minimum atomic E-state index is -1.50. The molecule has 1 aromatic carbocycles. The number of nitrogens with one attached hydrogen (secondary N) is 1. The van der Waals surface area contributed by atoms with Crippen molar-refractivity contribution >= 4 is 35.4 Å². The van der Waals surface area contributed by atoms with Crippen molar-refractivity contribution < 1.29 is 29.4 Å². The number of aliphatic carboxylic acids is 1. The minimum Gasteiger partial charge on any atom is -0.506 e. The van der Waals surface area contributed by atoms with Gasteiger partial charge in [0.05, 0.1) is 5.02 Å². The van der Waals surface area contributed by atoms with Crippen LogP contribution < -0.4 is 5.32 Å². The molecule has 1 unspecified atom stereocenters. The number of rotatable bonds is 4. The predicted molar refractivity (Wildman–Crippen MR) is 86.0 cm³/mol. The van der Waals surface area contributed by atoms with Gasteiger partial charge in [0, 0.05) is 19.6 Å². The third-order valence-corrected chi connectivity index (χ3v) is 4.06. The van der Waals surface area contributed by atoms with Crippen LogP contribution in [-0.4, -0.2) is 63.5 Å². The maximum Gasteiger partial charge on any atom is 0.330 e. The highest BCUT2D eigenvalue weighted by Crippen LogP contribution is 2.27. The highest BCUT2D eigenvalue weighted by Gasteiger charge is 2.37. The maximum atomic E-state index is 12.3. The average Bonchev–Trinajstić information content (AvgIpc) is 2.57. The standard InChI is InChI=1S/C15H16ClN3O6/c1-2-18-5-6-19(13(22)12(18)21)15(25)17-11(14(23)24)8-3-4-10(20)9(16)7-8/h3-4,7,11,20H,2,5-6H2,1H3,(H,17,25)(H,23,24). The number of phenols is 1. The molecule has 1 saturated heterocycles. The number of halogens is 1. The Bertz CT molecular complexity index is 738. The van der Waals surface area contributed by atoms with Gasteiger partial charge in [0.25, 0.3) is 0 Å². The Morgan fingerprint density at radius 3 is 2.52 bits per heavy atom. The number of carbonyl (C=O) groups is 4. The summed E-state index contributed by atoms with van der Waals surface area (Å²) < 4.78 is 0. The Hall–Kier alpha value is -2.81. The van der Waals surface area contributed by atoms with Crippen molar-refractivity contribution in [2.75, 3.05) is 19.6 Å². The van der Waals surface area contributed by atoms with Gasteiger partial charge in [0.2, 0.25) is 0 Å². The quantitative estimate of drug-likeness (QED) is 0.666. The zero-order valence-electron chi connectivity index (χ0n) is 13.2. The van der Waals surface area contributed by atoms with Crippen LogP contribution in [0.1, 0.15) is 18.5 Å². The fourth-order valence-corrected chi connectivity index (χ4v) is 2.55. The smallest absolute Gasteiger partial charge is 0.330 e. The Balaban J connectivity index is 2.18. The van der Waals surface area contributed by atoms with Gasteiger partial charge in [-0.3, -0.25) is 14.5 Å². The molecule has 1 fully saturated rings. The van der Waals surface area contributed by atoms with Crippen molar-refractivity contribution in [3.05, 3.63) is 28.8 Å². The summed E-state index contributed by atoms with van der Waals surface area (Å²) in [6, 6.07) is 1.16. The average molecular weight is 370 g/mol. The zero-order valence-corrected chi connectivity index (χ0v) is 14.0. The predicted octanol–water partition coefficient (Wildman–Crippen LogP) is 0.572. The van der Waals surface area contributed by atoms with Gasteiger partial charge in [0.15, 0.2) is 6.04 Å². The Morgan fingerprint density at radius 1 is 1.28 bits per heavy atom. The summed E-state index contributed by atoms with van der Waals surface area (Å²) in [5.41, 5.74) is 0.106. The number of carboxylic acid groups (broad SMARTS) is 1. The number of aromatic hydroxyl groups is 1. The van der Waals surface area contributed by atoms with E-state index in [1.165, 1.54) is 23.1 Å². The molecule has 0 spiro atoms. The van der Waals surface area contributed by atoms with Gasteiger partial charge in [-0.05, 0) is 24.6 Å². The van der Waals surface area contributed by atoms with Crippen molar-refractivity contribution in [2.24, 2.45) is 0 Å². The molecule has 1 aliphatic rings. The lowest BCUT2D eigenvalue weighted by Gasteiger charge is -2.32. The van der Waals surface area contributed by atoms with Gasteiger partial charge in [0.1, 0.15) is 5.75 Å². The molecule has 0 saturated carbocycles. The van der Waals surface area contributed by atoms with Crippen LogP contribution >= 0.6 is 11.6 Å². The maximum absolute atomic E-state index is 12.3. The summed E-state index contributed by atoms with van der Waals surface area (Å²) in [5, 5.41) is 20.8. The fourth-order valence-electron chi connectivity index (χ4n) is 2.36. The van der Waals surface area contributed by atoms with Crippen LogP contribution in [0.4, 0.5) is 4.79 Å². The lowest BCUT2D eigenvalue weighted by atomic mass is 10.1. The molecule has 2 rings (SSSR count). The molecule has 1 heterocycles. The largest absolute Gasteiger partial charge is 0.506 e. The van der Waals surface area contributed by atoms with E-state index in [9.17, 15) is 29.4 Å². The van der Waals surface area contributed by atoms with E-state index in [1.807, 2.05) is 0 Å². The first-order valence-corrected chi connectivity index (χ1v) is 7.76. The monoisotopic (exact) mass is 369 g/mol. The van der Waals surface area contributed by atoms with Gasteiger partial charge >= 0.3 is 23.8 Å². The molecular formula is C15H16ClN3O6. The van der Waals surface area contributed by atoms with Crippen molar-refractivity contribution in [2.45, 2.75) is 13.0 Å². The van der Waals surface area contributed by atoms with Crippen LogP contribution in [0.25, 0.3) is 0 Å². The number of carboxylic acids is 1. The topological polar surface area (TPSA) is 127 Å². The van der Waals surface area contributed by atoms with E-state index in [-0.39, 0.29) is 29.4 Å². The summed E-state index contributed by atoms with van der Waals surface area (Å²) in [6.07, 6.45) is 0.